The van der Waals surface area contributed by atoms with Gasteiger partial charge in [-0.3, -0.25) is 0 Å². The highest BCUT2D eigenvalue weighted by atomic mass is 16.6. The lowest BCUT2D eigenvalue weighted by atomic mass is 9.88. The molecule has 1 aliphatic heterocycles. The summed E-state index contributed by atoms with van der Waals surface area (Å²) >= 11 is 0. The van der Waals surface area contributed by atoms with Gasteiger partial charge in [0.05, 0.1) is 12.0 Å². The Hall–Kier alpha value is -1.24. The van der Waals surface area contributed by atoms with Crippen molar-refractivity contribution < 1.29 is 9.53 Å². The van der Waals surface area contributed by atoms with E-state index >= 15 is 0 Å². The molecule has 90 valence electrons. The molecule has 1 heterocycles. The molecule has 0 radical (unpaired) electrons. The van der Waals surface area contributed by atoms with E-state index < -0.39 is 5.60 Å². The molecule has 0 aromatic carbocycles. The summed E-state index contributed by atoms with van der Waals surface area (Å²) in [4.78, 5) is 13.5. The Morgan fingerprint density at radius 3 is 2.56 bits per heavy atom. The van der Waals surface area contributed by atoms with E-state index in [1.165, 1.54) is 0 Å². The zero-order valence-electron chi connectivity index (χ0n) is 10.5. The minimum atomic E-state index is -0.452. The molecular formula is C12H20N2O2. The average molecular weight is 224 g/mol. The number of likely N-dealkylation sites (tertiary alicyclic amines) is 1. The highest BCUT2D eigenvalue weighted by Crippen LogP contribution is 2.23. The predicted molar refractivity (Wildman–Crippen MR) is 60.7 cm³/mol. The molecule has 0 aliphatic carbocycles. The number of carbonyl (C=O) groups excluding carboxylic acids is 1. The Labute approximate surface area is 97.2 Å². The Bertz CT molecular complexity index is 301. The molecule has 4 heteroatoms. The first-order chi connectivity index (χ1) is 7.33. The Morgan fingerprint density at radius 2 is 2.12 bits per heavy atom. The van der Waals surface area contributed by atoms with Crippen molar-refractivity contribution in [1.82, 2.24) is 4.90 Å². The monoisotopic (exact) mass is 224 g/mol. The fourth-order valence-corrected chi connectivity index (χ4v) is 1.83. The van der Waals surface area contributed by atoms with Crippen LogP contribution in [0.4, 0.5) is 4.79 Å². The van der Waals surface area contributed by atoms with Crippen LogP contribution < -0.4 is 0 Å². The number of piperidine rings is 1. The van der Waals surface area contributed by atoms with Gasteiger partial charge in [0.1, 0.15) is 5.60 Å². The fourth-order valence-electron chi connectivity index (χ4n) is 1.83. The van der Waals surface area contributed by atoms with Crippen LogP contribution in [0.15, 0.2) is 0 Å². The maximum Gasteiger partial charge on any atom is 0.410 e. The van der Waals surface area contributed by atoms with E-state index in [4.69, 9.17) is 10.00 Å². The Balaban J connectivity index is 2.52. The maximum atomic E-state index is 11.8. The Morgan fingerprint density at radius 1 is 1.50 bits per heavy atom. The molecule has 2 atom stereocenters. The summed E-state index contributed by atoms with van der Waals surface area (Å²) < 4.78 is 5.30. The molecule has 0 unspecified atom stereocenters. The van der Waals surface area contributed by atoms with Crippen LogP contribution in [0, 0.1) is 23.2 Å². The third-order valence-electron chi connectivity index (χ3n) is 2.72. The van der Waals surface area contributed by atoms with E-state index in [0.717, 1.165) is 6.42 Å². The van der Waals surface area contributed by atoms with Crippen LogP contribution in [0.3, 0.4) is 0 Å². The summed E-state index contributed by atoms with van der Waals surface area (Å²) in [6, 6.07) is 2.28. The van der Waals surface area contributed by atoms with Crippen LogP contribution in [0.25, 0.3) is 0 Å². The second-order valence-electron chi connectivity index (χ2n) is 5.43. The molecule has 0 aromatic heterocycles. The number of carbonyl (C=O) groups is 1. The van der Waals surface area contributed by atoms with Crippen molar-refractivity contribution in [3.05, 3.63) is 0 Å². The largest absolute Gasteiger partial charge is 0.444 e. The first-order valence-corrected chi connectivity index (χ1v) is 5.71. The SMILES string of the molecule is C[C@@H]1CN(C(=O)OC(C)(C)C)CC[C@H]1C#N. The first-order valence-electron chi connectivity index (χ1n) is 5.71. The van der Waals surface area contributed by atoms with Gasteiger partial charge in [0.25, 0.3) is 0 Å². The molecule has 1 amide bonds. The number of amides is 1. The lowest BCUT2D eigenvalue weighted by Crippen LogP contribution is -2.44. The van der Waals surface area contributed by atoms with Gasteiger partial charge in [-0.1, -0.05) is 6.92 Å². The molecule has 1 fully saturated rings. The summed E-state index contributed by atoms with van der Waals surface area (Å²) in [5, 5.41) is 8.89. The van der Waals surface area contributed by atoms with Crippen molar-refractivity contribution in [3.8, 4) is 6.07 Å². The molecule has 0 saturated carbocycles. The third kappa shape index (κ3) is 3.41. The number of nitrogens with zero attached hydrogens (tertiary/aromatic N) is 2. The summed E-state index contributed by atoms with van der Waals surface area (Å²) in [7, 11) is 0. The number of ether oxygens (including phenoxy) is 1. The van der Waals surface area contributed by atoms with Crippen LogP contribution in [0.1, 0.15) is 34.1 Å². The molecule has 0 N–H and O–H groups in total. The maximum absolute atomic E-state index is 11.8. The second-order valence-corrected chi connectivity index (χ2v) is 5.43. The van der Waals surface area contributed by atoms with Crippen molar-refractivity contribution in [1.29, 1.82) is 5.26 Å². The summed E-state index contributed by atoms with van der Waals surface area (Å²) in [5.74, 6) is 0.296. The molecule has 1 aliphatic rings. The van der Waals surface area contributed by atoms with E-state index in [0.29, 0.717) is 13.1 Å². The topological polar surface area (TPSA) is 53.3 Å². The van der Waals surface area contributed by atoms with Crippen LogP contribution in [0.5, 0.6) is 0 Å². The number of nitriles is 1. The number of hydrogen-bond acceptors (Lipinski definition) is 3. The molecule has 4 nitrogen and oxygen atoms in total. The fraction of sp³-hybridized carbons (Fsp3) is 0.833. The second kappa shape index (κ2) is 4.73. The Kier molecular flexibility index (Phi) is 3.79. The molecule has 0 aromatic rings. The van der Waals surface area contributed by atoms with Gasteiger partial charge in [0.15, 0.2) is 0 Å². The molecule has 16 heavy (non-hydrogen) atoms. The smallest absolute Gasteiger partial charge is 0.410 e. The summed E-state index contributed by atoms with van der Waals surface area (Å²) in [5.41, 5.74) is -0.452. The highest BCUT2D eigenvalue weighted by molar-refractivity contribution is 5.68. The lowest BCUT2D eigenvalue weighted by molar-refractivity contribution is 0.0145. The van der Waals surface area contributed by atoms with Crippen molar-refractivity contribution >= 4 is 6.09 Å². The van der Waals surface area contributed by atoms with Crippen LogP contribution in [0.2, 0.25) is 0 Å². The van der Waals surface area contributed by atoms with E-state index in [1.807, 2.05) is 27.7 Å². The standard InChI is InChI=1S/C12H20N2O2/c1-9-8-14(6-5-10(9)7-13)11(15)16-12(2,3)4/h9-10H,5-6,8H2,1-4H3/t9-,10+/m1/s1. The van der Waals surface area contributed by atoms with Crippen molar-refractivity contribution in [2.24, 2.45) is 11.8 Å². The zero-order valence-corrected chi connectivity index (χ0v) is 10.5. The molecule has 0 spiro atoms. The first kappa shape index (κ1) is 12.8. The van der Waals surface area contributed by atoms with E-state index in [9.17, 15) is 4.79 Å². The van der Waals surface area contributed by atoms with Gasteiger partial charge in [0, 0.05) is 13.1 Å². The van der Waals surface area contributed by atoms with Gasteiger partial charge in [0.2, 0.25) is 0 Å². The summed E-state index contributed by atoms with van der Waals surface area (Å²) in [6.07, 6.45) is 0.479. The van der Waals surface area contributed by atoms with E-state index in [1.54, 1.807) is 4.90 Å². The predicted octanol–water partition coefficient (Wildman–Crippen LogP) is 2.40. The van der Waals surface area contributed by atoms with Crippen LogP contribution in [-0.2, 0) is 4.74 Å². The van der Waals surface area contributed by atoms with Crippen molar-refractivity contribution in [2.75, 3.05) is 13.1 Å². The molecule has 0 bridgehead atoms. The van der Waals surface area contributed by atoms with Gasteiger partial charge in [-0.25, -0.2) is 4.79 Å². The van der Waals surface area contributed by atoms with Gasteiger partial charge >= 0.3 is 6.09 Å². The van der Waals surface area contributed by atoms with Gasteiger partial charge in [-0.15, -0.1) is 0 Å². The third-order valence-corrected chi connectivity index (χ3v) is 2.72. The van der Waals surface area contributed by atoms with Gasteiger partial charge < -0.3 is 9.64 Å². The molecule has 1 rings (SSSR count). The van der Waals surface area contributed by atoms with Gasteiger partial charge in [-0.05, 0) is 33.1 Å². The quantitative estimate of drug-likeness (QED) is 0.635. The van der Waals surface area contributed by atoms with E-state index in [-0.39, 0.29) is 17.9 Å². The normalized spacial score (nSPS) is 26.1. The zero-order chi connectivity index (χ0) is 12.3. The van der Waals surface area contributed by atoms with Crippen LogP contribution >= 0.6 is 0 Å². The summed E-state index contributed by atoms with van der Waals surface area (Å²) in [6.45, 7) is 8.82. The minimum Gasteiger partial charge on any atom is -0.444 e. The lowest BCUT2D eigenvalue weighted by Gasteiger charge is -2.34. The van der Waals surface area contributed by atoms with E-state index in [2.05, 4.69) is 6.07 Å². The van der Waals surface area contributed by atoms with Crippen molar-refractivity contribution in [3.63, 3.8) is 0 Å². The van der Waals surface area contributed by atoms with Crippen LogP contribution in [-0.4, -0.2) is 29.7 Å². The van der Waals surface area contributed by atoms with Gasteiger partial charge in [-0.2, -0.15) is 5.26 Å². The minimum absolute atomic E-state index is 0.0682. The molecular weight excluding hydrogens is 204 g/mol. The average Bonchev–Trinajstić information content (AvgIpc) is 2.15. The number of rotatable bonds is 0. The highest BCUT2D eigenvalue weighted by Gasteiger charge is 2.30. The molecule has 1 saturated heterocycles. The van der Waals surface area contributed by atoms with Crippen molar-refractivity contribution in [2.45, 2.75) is 39.7 Å². The number of hydrogen-bond donors (Lipinski definition) is 0.